The number of hydrogen-bond donors (Lipinski definition) is 1. The average molecular weight is 424 g/mol. The predicted molar refractivity (Wildman–Crippen MR) is 117 cm³/mol. The van der Waals surface area contributed by atoms with E-state index in [4.69, 9.17) is 9.15 Å². The molecular formula is C25H29NO5. The number of aliphatic hydroxyl groups excluding tert-OH is 1. The minimum absolute atomic E-state index is 0.0274. The van der Waals surface area contributed by atoms with Crippen LogP contribution in [-0.4, -0.2) is 33.8 Å². The Bertz CT molecular complexity index is 1010. The van der Waals surface area contributed by atoms with Crippen molar-refractivity contribution < 1.29 is 23.8 Å². The molecule has 6 heteroatoms. The lowest BCUT2D eigenvalue weighted by Crippen LogP contribution is -2.40. The molecule has 0 bridgehead atoms. The van der Waals surface area contributed by atoms with Gasteiger partial charge in [-0.25, -0.2) is 0 Å². The maximum absolute atomic E-state index is 13.1. The van der Waals surface area contributed by atoms with Crippen molar-refractivity contribution in [3.8, 4) is 5.75 Å². The quantitative estimate of drug-likeness (QED) is 0.410. The van der Waals surface area contributed by atoms with E-state index in [0.717, 1.165) is 32.1 Å². The number of likely N-dealkylation sites (tertiary alicyclic amines) is 1. The molecule has 0 spiro atoms. The zero-order valence-corrected chi connectivity index (χ0v) is 18.3. The van der Waals surface area contributed by atoms with E-state index in [1.54, 1.807) is 35.2 Å². The number of amides is 1. The molecule has 6 nitrogen and oxygen atoms in total. The molecule has 4 rings (SSSR count). The summed E-state index contributed by atoms with van der Waals surface area (Å²) in [5.41, 5.74) is 0.514. The van der Waals surface area contributed by atoms with E-state index in [9.17, 15) is 14.7 Å². The fraction of sp³-hybridized carbons (Fsp3) is 0.440. The molecule has 1 aromatic heterocycles. The van der Waals surface area contributed by atoms with E-state index in [0.29, 0.717) is 22.8 Å². The van der Waals surface area contributed by atoms with Gasteiger partial charge in [-0.15, -0.1) is 0 Å². The van der Waals surface area contributed by atoms with Crippen LogP contribution in [-0.2, 0) is 9.59 Å². The first kappa shape index (κ1) is 21.2. The predicted octanol–water partition coefficient (Wildman–Crippen LogP) is 5.13. The standard InChI is InChI=1S/C25H29NO5/c1-15(2)30-19-11-7-8-17(14-19)23(27)21-22(20-13-12-16(3)31-20)26(25(29)24(21)28)18-9-5-4-6-10-18/h7-8,11-15,18,22,27H,4-6,9-10H2,1-3H3/b23-21-. The highest BCUT2D eigenvalue weighted by molar-refractivity contribution is 6.46. The van der Waals surface area contributed by atoms with Crippen LogP contribution in [0.3, 0.4) is 0 Å². The maximum Gasteiger partial charge on any atom is 0.296 e. The van der Waals surface area contributed by atoms with Crippen molar-refractivity contribution >= 4 is 17.4 Å². The number of carbonyl (C=O) groups excluding carboxylic acids is 2. The van der Waals surface area contributed by atoms with Crippen molar-refractivity contribution in [2.75, 3.05) is 0 Å². The topological polar surface area (TPSA) is 80.0 Å². The molecule has 2 heterocycles. The summed E-state index contributed by atoms with van der Waals surface area (Å²) in [5, 5.41) is 11.2. The molecule has 2 aromatic rings. The lowest BCUT2D eigenvalue weighted by Gasteiger charge is -2.34. The zero-order valence-electron chi connectivity index (χ0n) is 18.3. The maximum atomic E-state index is 13.1. The second-order valence-electron chi connectivity index (χ2n) is 8.64. The van der Waals surface area contributed by atoms with Gasteiger partial charge < -0.3 is 19.2 Å². The summed E-state index contributed by atoms with van der Waals surface area (Å²) in [7, 11) is 0. The van der Waals surface area contributed by atoms with Crippen LogP contribution in [0, 0.1) is 6.92 Å². The SMILES string of the molecule is Cc1ccc(C2/C(=C(/O)c3cccc(OC(C)C)c3)C(=O)C(=O)N2C2CCCCC2)o1. The molecule has 1 atom stereocenters. The van der Waals surface area contributed by atoms with Gasteiger partial charge in [0.15, 0.2) is 0 Å². The van der Waals surface area contributed by atoms with Gasteiger partial charge in [0.05, 0.1) is 11.7 Å². The van der Waals surface area contributed by atoms with Crippen LogP contribution in [0.4, 0.5) is 0 Å². The number of benzene rings is 1. The van der Waals surface area contributed by atoms with Gasteiger partial charge in [0.25, 0.3) is 11.7 Å². The van der Waals surface area contributed by atoms with Crippen LogP contribution in [0.2, 0.25) is 0 Å². The van der Waals surface area contributed by atoms with Crippen LogP contribution in [0.25, 0.3) is 5.76 Å². The number of rotatable bonds is 5. The van der Waals surface area contributed by atoms with E-state index in [1.807, 2.05) is 26.8 Å². The van der Waals surface area contributed by atoms with Crippen LogP contribution >= 0.6 is 0 Å². The first-order valence-electron chi connectivity index (χ1n) is 11.0. The molecule has 2 fully saturated rings. The Morgan fingerprint density at radius 2 is 1.87 bits per heavy atom. The molecule has 1 saturated heterocycles. The Morgan fingerprint density at radius 1 is 1.13 bits per heavy atom. The minimum atomic E-state index is -0.730. The number of carbonyl (C=O) groups is 2. The van der Waals surface area contributed by atoms with E-state index in [2.05, 4.69) is 0 Å². The molecule has 1 aromatic carbocycles. The average Bonchev–Trinajstić information content (AvgIpc) is 3.29. The number of aryl methyl sites for hydroxylation is 1. The molecule has 1 amide bonds. The number of Topliss-reactive ketones (excluding diaryl/α,β-unsaturated/α-hetero) is 1. The fourth-order valence-corrected chi connectivity index (χ4v) is 4.61. The molecule has 164 valence electrons. The van der Waals surface area contributed by atoms with Crippen molar-refractivity contribution in [1.29, 1.82) is 0 Å². The Hall–Kier alpha value is -3.02. The molecule has 1 aliphatic carbocycles. The summed E-state index contributed by atoms with van der Waals surface area (Å²) in [6.45, 7) is 5.66. The third kappa shape index (κ3) is 4.11. The van der Waals surface area contributed by atoms with Gasteiger partial charge in [0, 0.05) is 11.6 Å². The molecule has 31 heavy (non-hydrogen) atoms. The Labute approximate surface area is 182 Å². The van der Waals surface area contributed by atoms with E-state index >= 15 is 0 Å². The number of nitrogens with zero attached hydrogens (tertiary/aromatic N) is 1. The minimum Gasteiger partial charge on any atom is -0.507 e. The van der Waals surface area contributed by atoms with E-state index in [1.165, 1.54) is 0 Å². The van der Waals surface area contributed by atoms with E-state index < -0.39 is 17.7 Å². The third-order valence-electron chi connectivity index (χ3n) is 5.96. The number of furan rings is 1. The van der Waals surface area contributed by atoms with Crippen LogP contribution in [0.15, 0.2) is 46.4 Å². The van der Waals surface area contributed by atoms with Gasteiger partial charge in [-0.05, 0) is 57.9 Å². The third-order valence-corrected chi connectivity index (χ3v) is 5.96. The van der Waals surface area contributed by atoms with Crippen LogP contribution in [0.1, 0.15) is 69.1 Å². The van der Waals surface area contributed by atoms with Crippen LogP contribution < -0.4 is 4.74 Å². The van der Waals surface area contributed by atoms with Gasteiger partial charge in [-0.3, -0.25) is 9.59 Å². The lowest BCUT2D eigenvalue weighted by atomic mass is 9.92. The number of hydrogen-bond acceptors (Lipinski definition) is 5. The summed E-state index contributed by atoms with van der Waals surface area (Å²) in [6, 6.07) is 9.78. The Morgan fingerprint density at radius 3 is 2.52 bits per heavy atom. The van der Waals surface area contributed by atoms with Crippen molar-refractivity contribution in [2.45, 2.75) is 71.1 Å². The first-order valence-corrected chi connectivity index (χ1v) is 11.0. The monoisotopic (exact) mass is 423 g/mol. The van der Waals surface area contributed by atoms with Gasteiger partial charge in [0.1, 0.15) is 29.1 Å². The van der Waals surface area contributed by atoms with Gasteiger partial charge >= 0.3 is 0 Å². The summed E-state index contributed by atoms with van der Waals surface area (Å²) in [4.78, 5) is 27.9. The highest BCUT2D eigenvalue weighted by Crippen LogP contribution is 2.43. The largest absolute Gasteiger partial charge is 0.507 e. The molecule has 2 aliphatic rings. The van der Waals surface area contributed by atoms with E-state index in [-0.39, 0.29) is 23.5 Å². The Balaban J connectivity index is 1.82. The summed E-state index contributed by atoms with van der Waals surface area (Å²) in [6.07, 6.45) is 4.84. The van der Waals surface area contributed by atoms with Crippen LogP contribution in [0.5, 0.6) is 5.75 Å². The summed E-state index contributed by atoms with van der Waals surface area (Å²) in [5.74, 6) is 0.338. The molecule has 1 N–H and O–H groups in total. The second-order valence-corrected chi connectivity index (χ2v) is 8.64. The lowest BCUT2D eigenvalue weighted by molar-refractivity contribution is -0.142. The van der Waals surface area contributed by atoms with Gasteiger partial charge in [-0.2, -0.15) is 0 Å². The second kappa shape index (κ2) is 8.61. The molecule has 1 saturated carbocycles. The van der Waals surface area contributed by atoms with Crippen molar-refractivity contribution in [1.82, 2.24) is 4.90 Å². The normalized spacial score (nSPS) is 21.8. The van der Waals surface area contributed by atoms with Gasteiger partial charge in [-0.1, -0.05) is 31.4 Å². The molecular weight excluding hydrogens is 394 g/mol. The molecule has 1 aliphatic heterocycles. The molecule has 0 radical (unpaired) electrons. The first-order chi connectivity index (χ1) is 14.9. The fourth-order valence-electron chi connectivity index (χ4n) is 4.61. The van der Waals surface area contributed by atoms with Crippen molar-refractivity contribution in [3.05, 3.63) is 59.1 Å². The molecule has 1 unspecified atom stereocenters. The smallest absolute Gasteiger partial charge is 0.296 e. The van der Waals surface area contributed by atoms with Crippen molar-refractivity contribution in [2.24, 2.45) is 0 Å². The number of aliphatic hydroxyl groups is 1. The zero-order chi connectivity index (χ0) is 22.1. The number of ketones is 1. The highest BCUT2D eigenvalue weighted by atomic mass is 16.5. The van der Waals surface area contributed by atoms with Crippen molar-refractivity contribution in [3.63, 3.8) is 0 Å². The van der Waals surface area contributed by atoms with Gasteiger partial charge in [0.2, 0.25) is 0 Å². The summed E-state index contributed by atoms with van der Waals surface area (Å²) < 4.78 is 11.6. The number of ether oxygens (including phenoxy) is 1. The summed E-state index contributed by atoms with van der Waals surface area (Å²) >= 11 is 0. The highest BCUT2D eigenvalue weighted by Gasteiger charge is 2.50. The Kier molecular flexibility index (Phi) is 5.90.